The van der Waals surface area contributed by atoms with E-state index in [0.717, 1.165) is 21.8 Å². The molecule has 0 spiro atoms. The van der Waals surface area contributed by atoms with Gasteiger partial charge in [-0.25, -0.2) is 4.98 Å². The van der Waals surface area contributed by atoms with Crippen LogP contribution in [0.25, 0.3) is 10.2 Å². The number of benzene rings is 1. The molecule has 0 bridgehead atoms. The average molecular weight is 397 g/mol. The van der Waals surface area contributed by atoms with Gasteiger partial charge in [-0.3, -0.25) is 14.2 Å². The van der Waals surface area contributed by atoms with Gasteiger partial charge in [-0.05, 0) is 25.0 Å². The number of nitrogens with zero attached hydrogens (tertiary/aromatic N) is 3. The topological polar surface area (TPSA) is 67.2 Å². The van der Waals surface area contributed by atoms with E-state index in [-0.39, 0.29) is 17.5 Å². The molecule has 1 aliphatic rings. The van der Waals surface area contributed by atoms with Crippen LogP contribution in [0.2, 0.25) is 0 Å². The molecular weight excluding hydrogens is 372 g/mol. The molecule has 1 aromatic carbocycles. The van der Waals surface area contributed by atoms with E-state index < -0.39 is 0 Å². The molecule has 1 saturated heterocycles. The first-order valence-corrected chi connectivity index (χ1v) is 10.4. The number of nitrogens with one attached hydrogen (secondary N) is 1. The van der Waals surface area contributed by atoms with Crippen molar-refractivity contribution in [1.29, 1.82) is 0 Å². The first kappa shape index (κ1) is 18.8. The highest BCUT2D eigenvalue weighted by Crippen LogP contribution is 2.25. The van der Waals surface area contributed by atoms with Crippen LogP contribution in [0.15, 0.2) is 41.5 Å². The van der Waals surface area contributed by atoms with Gasteiger partial charge in [0.1, 0.15) is 4.83 Å². The summed E-state index contributed by atoms with van der Waals surface area (Å²) in [6, 6.07) is 10.3. The SMILES string of the molecule is Cc1sc2ncn(CCC(=O)N3CCNC(c4ccccc4)C3)c(=O)c2c1C. The van der Waals surface area contributed by atoms with Crippen LogP contribution in [0.1, 0.15) is 28.5 Å². The highest BCUT2D eigenvalue weighted by Gasteiger charge is 2.24. The average Bonchev–Trinajstić information content (AvgIpc) is 3.02. The first-order valence-electron chi connectivity index (χ1n) is 9.56. The summed E-state index contributed by atoms with van der Waals surface area (Å²) in [5.74, 6) is 0.0765. The molecule has 28 heavy (non-hydrogen) atoms. The van der Waals surface area contributed by atoms with Crippen LogP contribution in [0.4, 0.5) is 0 Å². The largest absolute Gasteiger partial charge is 0.339 e. The molecule has 0 saturated carbocycles. The first-order chi connectivity index (χ1) is 13.5. The molecule has 1 fully saturated rings. The van der Waals surface area contributed by atoms with Crippen molar-refractivity contribution in [3.05, 3.63) is 63.0 Å². The Morgan fingerprint density at radius 3 is 2.86 bits per heavy atom. The van der Waals surface area contributed by atoms with Crippen molar-refractivity contribution in [3.8, 4) is 0 Å². The van der Waals surface area contributed by atoms with E-state index in [1.165, 1.54) is 5.56 Å². The number of amides is 1. The van der Waals surface area contributed by atoms with Crippen LogP contribution in [0.3, 0.4) is 0 Å². The number of piperazine rings is 1. The molecule has 1 aliphatic heterocycles. The van der Waals surface area contributed by atoms with Crippen LogP contribution in [-0.4, -0.2) is 40.0 Å². The zero-order valence-corrected chi connectivity index (χ0v) is 17.0. The Bertz CT molecular complexity index is 1060. The fourth-order valence-corrected chi connectivity index (χ4v) is 4.68. The monoisotopic (exact) mass is 396 g/mol. The Morgan fingerprint density at radius 1 is 1.29 bits per heavy atom. The third kappa shape index (κ3) is 3.59. The van der Waals surface area contributed by atoms with Crippen molar-refractivity contribution < 1.29 is 4.79 Å². The number of aromatic nitrogens is 2. The normalized spacial score (nSPS) is 17.2. The van der Waals surface area contributed by atoms with E-state index >= 15 is 0 Å². The van der Waals surface area contributed by atoms with Gasteiger partial charge in [-0.15, -0.1) is 11.3 Å². The summed E-state index contributed by atoms with van der Waals surface area (Å²) in [5.41, 5.74) is 2.13. The van der Waals surface area contributed by atoms with Crippen LogP contribution >= 0.6 is 11.3 Å². The summed E-state index contributed by atoms with van der Waals surface area (Å²) in [5, 5.41) is 4.16. The zero-order chi connectivity index (χ0) is 19.7. The predicted octanol–water partition coefficient (Wildman–Crippen LogP) is 2.64. The molecule has 0 radical (unpaired) electrons. The highest BCUT2D eigenvalue weighted by atomic mass is 32.1. The molecule has 7 heteroatoms. The van der Waals surface area contributed by atoms with Crippen molar-refractivity contribution >= 4 is 27.5 Å². The van der Waals surface area contributed by atoms with Gasteiger partial charge < -0.3 is 10.2 Å². The van der Waals surface area contributed by atoms with Crippen LogP contribution < -0.4 is 10.9 Å². The Morgan fingerprint density at radius 2 is 2.07 bits per heavy atom. The van der Waals surface area contributed by atoms with Gasteiger partial charge in [-0.2, -0.15) is 0 Å². The highest BCUT2D eigenvalue weighted by molar-refractivity contribution is 7.18. The minimum Gasteiger partial charge on any atom is -0.339 e. The Hall–Kier alpha value is -2.51. The molecule has 1 unspecified atom stereocenters. The summed E-state index contributed by atoms with van der Waals surface area (Å²) in [4.78, 5) is 33.7. The smallest absolute Gasteiger partial charge is 0.262 e. The van der Waals surface area contributed by atoms with Gasteiger partial charge in [0.2, 0.25) is 5.91 Å². The van der Waals surface area contributed by atoms with Crippen LogP contribution in [-0.2, 0) is 11.3 Å². The lowest BCUT2D eigenvalue weighted by Gasteiger charge is -2.34. The van der Waals surface area contributed by atoms with E-state index in [2.05, 4.69) is 22.4 Å². The molecule has 4 rings (SSSR count). The third-order valence-electron chi connectivity index (χ3n) is 5.45. The fraction of sp³-hybridized carbons (Fsp3) is 0.381. The molecule has 0 aliphatic carbocycles. The van der Waals surface area contributed by atoms with Crippen molar-refractivity contribution in [3.63, 3.8) is 0 Å². The number of carbonyl (C=O) groups is 1. The van der Waals surface area contributed by atoms with Gasteiger partial charge in [0.25, 0.3) is 5.56 Å². The minimum absolute atomic E-state index is 0.0536. The van der Waals surface area contributed by atoms with E-state index in [9.17, 15) is 9.59 Å². The molecule has 2 aromatic heterocycles. The summed E-state index contributed by atoms with van der Waals surface area (Å²) in [7, 11) is 0. The van der Waals surface area contributed by atoms with Crippen molar-refractivity contribution in [1.82, 2.24) is 19.8 Å². The number of aryl methyl sites for hydroxylation is 3. The lowest BCUT2D eigenvalue weighted by Crippen LogP contribution is -2.48. The number of thiophene rings is 1. The summed E-state index contributed by atoms with van der Waals surface area (Å²) < 4.78 is 1.57. The molecule has 1 amide bonds. The second kappa shape index (κ2) is 7.85. The number of hydrogen-bond acceptors (Lipinski definition) is 5. The third-order valence-corrected chi connectivity index (χ3v) is 6.57. The predicted molar refractivity (Wildman–Crippen MR) is 112 cm³/mol. The number of carbonyl (C=O) groups excluding carboxylic acids is 1. The number of fused-ring (bicyclic) bond motifs is 1. The van der Waals surface area contributed by atoms with Gasteiger partial charge >= 0.3 is 0 Å². The van der Waals surface area contributed by atoms with Crippen LogP contribution in [0.5, 0.6) is 0 Å². The molecule has 1 atom stereocenters. The maximum Gasteiger partial charge on any atom is 0.262 e. The Labute approximate surface area is 167 Å². The van der Waals surface area contributed by atoms with E-state index in [1.807, 2.05) is 36.9 Å². The molecule has 3 aromatic rings. The van der Waals surface area contributed by atoms with Crippen molar-refractivity contribution in [2.75, 3.05) is 19.6 Å². The maximum atomic E-state index is 12.8. The standard InChI is InChI=1S/C21H24N4O2S/c1-14-15(2)28-20-19(14)21(27)25(13-23-20)10-8-18(26)24-11-9-22-17(12-24)16-6-4-3-5-7-16/h3-7,13,17,22H,8-12H2,1-2H3. The van der Waals surface area contributed by atoms with Gasteiger partial charge in [0.15, 0.2) is 0 Å². The molecule has 3 heterocycles. The van der Waals surface area contributed by atoms with Crippen molar-refractivity contribution in [2.24, 2.45) is 0 Å². The second-order valence-electron chi connectivity index (χ2n) is 7.21. The second-order valence-corrected chi connectivity index (χ2v) is 8.42. The van der Waals surface area contributed by atoms with Gasteiger partial charge in [-0.1, -0.05) is 30.3 Å². The summed E-state index contributed by atoms with van der Waals surface area (Å²) in [6.07, 6.45) is 1.87. The van der Waals surface area contributed by atoms with Gasteiger partial charge in [0, 0.05) is 43.5 Å². The molecule has 146 valence electrons. The lowest BCUT2D eigenvalue weighted by molar-refractivity contribution is -0.132. The summed E-state index contributed by atoms with van der Waals surface area (Å²) >= 11 is 1.54. The van der Waals surface area contributed by atoms with Crippen LogP contribution in [0, 0.1) is 13.8 Å². The van der Waals surface area contributed by atoms with Gasteiger partial charge in [0.05, 0.1) is 11.7 Å². The van der Waals surface area contributed by atoms with E-state index in [0.29, 0.717) is 31.4 Å². The van der Waals surface area contributed by atoms with E-state index in [1.54, 1.807) is 22.2 Å². The number of rotatable bonds is 4. The molecular formula is C21H24N4O2S. The molecule has 6 nitrogen and oxygen atoms in total. The fourth-order valence-electron chi connectivity index (χ4n) is 3.69. The molecule has 1 N–H and O–H groups in total. The minimum atomic E-state index is -0.0536. The van der Waals surface area contributed by atoms with Crippen molar-refractivity contribution in [2.45, 2.75) is 32.9 Å². The maximum absolute atomic E-state index is 12.8. The number of hydrogen-bond donors (Lipinski definition) is 1. The quantitative estimate of drug-likeness (QED) is 0.736. The van der Waals surface area contributed by atoms with E-state index in [4.69, 9.17) is 0 Å². The zero-order valence-electron chi connectivity index (χ0n) is 16.1. The Balaban J connectivity index is 1.44. The summed E-state index contributed by atoms with van der Waals surface area (Å²) in [6.45, 7) is 6.43. The lowest BCUT2D eigenvalue weighted by atomic mass is 10.0. The Kier molecular flexibility index (Phi) is 5.28.